The van der Waals surface area contributed by atoms with Crippen LogP contribution in [0.4, 0.5) is 0 Å². The van der Waals surface area contributed by atoms with E-state index in [1.807, 2.05) is 7.05 Å². The second kappa shape index (κ2) is 4.31. The zero-order valence-electron chi connectivity index (χ0n) is 9.43. The van der Waals surface area contributed by atoms with E-state index in [9.17, 15) is 5.11 Å². The average Bonchev–Trinajstić information content (AvgIpc) is 2.77. The number of aliphatic hydroxyl groups is 1. The maximum atomic E-state index is 10.1. The van der Waals surface area contributed by atoms with Crippen LogP contribution in [0.25, 0.3) is 0 Å². The minimum atomic E-state index is -0.252. The van der Waals surface area contributed by atoms with Crippen LogP contribution in [0.2, 0.25) is 0 Å². The molecular formula is C11H19N3O. The van der Waals surface area contributed by atoms with Crippen molar-refractivity contribution in [1.82, 2.24) is 14.8 Å². The first-order valence-electron chi connectivity index (χ1n) is 5.67. The SMILES string of the molecule is CC1CCC(C(O)Cc2ncnn2C)C1. The summed E-state index contributed by atoms with van der Waals surface area (Å²) in [6.45, 7) is 2.26. The molecule has 0 bridgehead atoms. The van der Waals surface area contributed by atoms with Gasteiger partial charge in [-0.25, -0.2) is 4.98 Å². The van der Waals surface area contributed by atoms with Crippen molar-refractivity contribution in [3.8, 4) is 0 Å². The molecule has 0 spiro atoms. The minimum absolute atomic E-state index is 0.252. The number of aryl methyl sites for hydroxylation is 1. The van der Waals surface area contributed by atoms with Crippen molar-refractivity contribution in [2.24, 2.45) is 18.9 Å². The van der Waals surface area contributed by atoms with Gasteiger partial charge in [-0.1, -0.05) is 13.3 Å². The first kappa shape index (κ1) is 10.6. The van der Waals surface area contributed by atoms with Crippen molar-refractivity contribution < 1.29 is 5.11 Å². The van der Waals surface area contributed by atoms with Gasteiger partial charge in [0.05, 0.1) is 6.10 Å². The predicted molar refractivity (Wildman–Crippen MR) is 57.2 cm³/mol. The van der Waals surface area contributed by atoms with Crippen LogP contribution in [0, 0.1) is 11.8 Å². The Kier molecular flexibility index (Phi) is 3.05. The molecule has 1 aliphatic rings. The van der Waals surface area contributed by atoms with E-state index < -0.39 is 0 Å². The largest absolute Gasteiger partial charge is 0.392 e. The molecule has 3 atom stereocenters. The fraction of sp³-hybridized carbons (Fsp3) is 0.818. The molecule has 0 aliphatic heterocycles. The number of nitrogens with zero attached hydrogens (tertiary/aromatic N) is 3. The van der Waals surface area contributed by atoms with Gasteiger partial charge in [0.1, 0.15) is 12.2 Å². The van der Waals surface area contributed by atoms with Crippen molar-refractivity contribution in [3.63, 3.8) is 0 Å². The van der Waals surface area contributed by atoms with E-state index in [2.05, 4.69) is 17.0 Å². The molecule has 1 fully saturated rings. The van der Waals surface area contributed by atoms with E-state index in [-0.39, 0.29) is 6.10 Å². The molecule has 15 heavy (non-hydrogen) atoms. The third-order valence-electron chi connectivity index (χ3n) is 3.48. The third kappa shape index (κ3) is 2.37. The fourth-order valence-electron chi connectivity index (χ4n) is 2.46. The molecule has 1 N–H and O–H groups in total. The summed E-state index contributed by atoms with van der Waals surface area (Å²) in [6, 6.07) is 0. The van der Waals surface area contributed by atoms with Crippen LogP contribution in [0.5, 0.6) is 0 Å². The number of aromatic nitrogens is 3. The molecule has 3 unspecified atom stereocenters. The lowest BCUT2D eigenvalue weighted by Crippen LogP contribution is -2.22. The van der Waals surface area contributed by atoms with Crippen LogP contribution < -0.4 is 0 Å². The first-order chi connectivity index (χ1) is 7.16. The zero-order chi connectivity index (χ0) is 10.8. The summed E-state index contributed by atoms with van der Waals surface area (Å²) in [5.74, 6) is 2.10. The summed E-state index contributed by atoms with van der Waals surface area (Å²) >= 11 is 0. The van der Waals surface area contributed by atoms with Gasteiger partial charge in [-0.3, -0.25) is 4.68 Å². The van der Waals surface area contributed by atoms with Gasteiger partial charge < -0.3 is 5.11 Å². The maximum Gasteiger partial charge on any atom is 0.138 e. The normalized spacial score (nSPS) is 28.2. The number of aliphatic hydroxyl groups excluding tert-OH is 1. The molecule has 0 aromatic carbocycles. The second-order valence-corrected chi connectivity index (χ2v) is 4.75. The van der Waals surface area contributed by atoms with Crippen molar-refractivity contribution in [2.75, 3.05) is 0 Å². The van der Waals surface area contributed by atoms with E-state index in [1.54, 1.807) is 11.0 Å². The summed E-state index contributed by atoms with van der Waals surface area (Å²) in [7, 11) is 1.87. The van der Waals surface area contributed by atoms with E-state index in [4.69, 9.17) is 0 Å². The van der Waals surface area contributed by atoms with E-state index in [0.717, 1.165) is 24.6 Å². The van der Waals surface area contributed by atoms with Gasteiger partial charge in [-0.15, -0.1) is 0 Å². The van der Waals surface area contributed by atoms with Crippen LogP contribution in [0.15, 0.2) is 6.33 Å². The number of rotatable bonds is 3. The molecule has 4 nitrogen and oxygen atoms in total. The second-order valence-electron chi connectivity index (χ2n) is 4.75. The Balaban J connectivity index is 1.92. The Bertz CT molecular complexity index is 323. The molecule has 0 saturated heterocycles. The van der Waals surface area contributed by atoms with Gasteiger partial charge in [0.2, 0.25) is 0 Å². The number of hydrogen-bond donors (Lipinski definition) is 1. The van der Waals surface area contributed by atoms with E-state index >= 15 is 0 Å². The monoisotopic (exact) mass is 209 g/mol. The van der Waals surface area contributed by atoms with Gasteiger partial charge in [0.25, 0.3) is 0 Å². The third-order valence-corrected chi connectivity index (χ3v) is 3.48. The summed E-state index contributed by atoms with van der Waals surface area (Å²) < 4.78 is 1.74. The Morgan fingerprint density at radius 1 is 1.60 bits per heavy atom. The van der Waals surface area contributed by atoms with Gasteiger partial charge in [0.15, 0.2) is 0 Å². The van der Waals surface area contributed by atoms with Crippen LogP contribution in [-0.4, -0.2) is 26.0 Å². The van der Waals surface area contributed by atoms with Crippen molar-refractivity contribution >= 4 is 0 Å². The highest BCUT2D eigenvalue weighted by Gasteiger charge is 2.28. The first-order valence-corrected chi connectivity index (χ1v) is 5.67. The Morgan fingerprint density at radius 2 is 2.40 bits per heavy atom. The lowest BCUT2D eigenvalue weighted by atomic mass is 9.97. The fourth-order valence-corrected chi connectivity index (χ4v) is 2.46. The van der Waals surface area contributed by atoms with Gasteiger partial charge in [-0.2, -0.15) is 5.10 Å². The smallest absolute Gasteiger partial charge is 0.138 e. The maximum absolute atomic E-state index is 10.1. The lowest BCUT2D eigenvalue weighted by Gasteiger charge is -2.17. The molecule has 4 heteroatoms. The number of hydrogen-bond acceptors (Lipinski definition) is 3. The van der Waals surface area contributed by atoms with E-state index in [1.165, 1.54) is 6.42 Å². The minimum Gasteiger partial charge on any atom is -0.392 e. The summed E-state index contributed by atoms with van der Waals surface area (Å²) in [6.07, 6.45) is 5.48. The lowest BCUT2D eigenvalue weighted by molar-refractivity contribution is 0.106. The Morgan fingerprint density at radius 3 is 2.93 bits per heavy atom. The predicted octanol–water partition coefficient (Wildman–Crippen LogP) is 1.15. The molecule has 0 amide bonds. The van der Waals surface area contributed by atoms with Crippen LogP contribution in [-0.2, 0) is 13.5 Å². The van der Waals surface area contributed by atoms with E-state index in [0.29, 0.717) is 12.3 Å². The zero-order valence-corrected chi connectivity index (χ0v) is 9.43. The highest BCUT2D eigenvalue weighted by atomic mass is 16.3. The molecular weight excluding hydrogens is 190 g/mol. The van der Waals surface area contributed by atoms with Crippen molar-refractivity contribution in [1.29, 1.82) is 0 Å². The Hall–Kier alpha value is -0.900. The highest BCUT2D eigenvalue weighted by molar-refractivity contribution is 4.90. The standard InChI is InChI=1S/C11H19N3O/c1-8-3-4-9(5-8)10(15)6-11-12-7-13-14(11)2/h7-10,15H,3-6H2,1-2H3. The molecule has 2 rings (SSSR count). The van der Waals surface area contributed by atoms with Gasteiger partial charge >= 0.3 is 0 Å². The molecule has 84 valence electrons. The van der Waals surface area contributed by atoms with Crippen LogP contribution >= 0.6 is 0 Å². The average molecular weight is 209 g/mol. The van der Waals surface area contributed by atoms with Crippen molar-refractivity contribution in [3.05, 3.63) is 12.2 Å². The summed E-state index contributed by atoms with van der Waals surface area (Å²) in [5, 5.41) is 14.1. The van der Waals surface area contributed by atoms with Crippen LogP contribution in [0.3, 0.4) is 0 Å². The summed E-state index contributed by atoms with van der Waals surface area (Å²) in [4.78, 5) is 4.14. The summed E-state index contributed by atoms with van der Waals surface area (Å²) in [5.41, 5.74) is 0. The molecule has 1 aromatic rings. The molecule has 1 aliphatic carbocycles. The molecule has 1 heterocycles. The quantitative estimate of drug-likeness (QED) is 0.812. The topological polar surface area (TPSA) is 50.9 Å². The van der Waals surface area contributed by atoms with Gasteiger partial charge in [-0.05, 0) is 24.7 Å². The van der Waals surface area contributed by atoms with Crippen LogP contribution in [0.1, 0.15) is 32.0 Å². The van der Waals surface area contributed by atoms with Gasteiger partial charge in [0, 0.05) is 13.5 Å². The molecule has 0 radical (unpaired) electrons. The van der Waals surface area contributed by atoms with Crippen molar-refractivity contribution in [2.45, 2.75) is 38.7 Å². The molecule has 1 saturated carbocycles. The molecule has 1 aromatic heterocycles. The highest BCUT2D eigenvalue weighted by Crippen LogP contribution is 2.33. The Labute approximate surface area is 90.3 Å².